The Kier molecular flexibility index (Phi) is 11.1. The van der Waals surface area contributed by atoms with Crippen LogP contribution in [-0.4, -0.2) is 56.8 Å². The molecule has 0 radical (unpaired) electrons. The first-order valence-electron chi connectivity index (χ1n) is 8.02. The maximum Gasteiger partial charge on any atom is 0.240 e. The van der Waals surface area contributed by atoms with E-state index in [1.54, 1.807) is 0 Å². The third kappa shape index (κ3) is 7.38. The van der Waals surface area contributed by atoms with Crippen LogP contribution in [0.1, 0.15) is 18.4 Å². The number of carbonyl (C=O) groups is 1. The van der Waals surface area contributed by atoms with Crippen molar-refractivity contribution in [2.24, 2.45) is 5.73 Å². The maximum atomic E-state index is 12.4. The molecule has 1 aliphatic rings. The number of hydrogen-bond acceptors (Lipinski definition) is 5. The number of para-hydroxylation sites is 1. The van der Waals surface area contributed by atoms with E-state index in [0.717, 1.165) is 17.9 Å². The van der Waals surface area contributed by atoms with Crippen LogP contribution >= 0.6 is 24.8 Å². The summed E-state index contributed by atoms with van der Waals surface area (Å²) in [5, 5.41) is 2.94. The molecule has 25 heavy (non-hydrogen) atoms. The van der Waals surface area contributed by atoms with Gasteiger partial charge in [-0.25, -0.2) is 0 Å². The molecule has 0 unspecified atom stereocenters. The molecule has 1 fully saturated rings. The molecular formula is C17H29Cl2N3O3. The summed E-state index contributed by atoms with van der Waals surface area (Å²) in [6, 6.07) is 7.74. The van der Waals surface area contributed by atoms with E-state index in [1.165, 1.54) is 0 Å². The normalized spacial score (nSPS) is 15.7. The zero-order valence-corrected chi connectivity index (χ0v) is 16.5. The molecule has 1 aromatic rings. The van der Waals surface area contributed by atoms with Crippen LogP contribution < -0.4 is 15.8 Å². The van der Waals surface area contributed by atoms with E-state index in [2.05, 4.69) is 10.2 Å². The molecule has 0 saturated carbocycles. The standard InChI is InChI=1S/C17H27N3O3.2ClH/c1-20(2)9-12-23-15-6-4-3-5-14(15)13-19-16(21)17(18)7-10-22-11-8-17;;/h3-6H,7-13,18H2,1-2H3,(H,19,21);2*1H. The first kappa shape index (κ1) is 23.9. The van der Waals surface area contributed by atoms with Gasteiger partial charge in [-0.2, -0.15) is 0 Å². The summed E-state index contributed by atoms with van der Waals surface area (Å²) >= 11 is 0. The van der Waals surface area contributed by atoms with E-state index in [-0.39, 0.29) is 30.7 Å². The maximum absolute atomic E-state index is 12.4. The van der Waals surface area contributed by atoms with Gasteiger partial charge in [0.1, 0.15) is 12.4 Å². The minimum Gasteiger partial charge on any atom is -0.492 e. The van der Waals surface area contributed by atoms with Crippen molar-refractivity contribution >= 4 is 30.7 Å². The Morgan fingerprint density at radius 3 is 2.56 bits per heavy atom. The Labute approximate surface area is 162 Å². The van der Waals surface area contributed by atoms with Gasteiger partial charge >= 0.3 is 0 Å². The zero-order valence-electron chi connectivity index (χ0n) is 14.8. The molecule has 6 nitrogen and oxygen atoms in total. The summed E-state index contributed by atoms with van der Waals surface area (Å²) in [5.41, 5.74) is 6.32. The van der Waals surface area contributed by atoms with Crippen LogP contribution in [0.4, 0.5) is 0 Å². The molecular weight excluding hydrogens is 365 g/mol. The summed E-state index contributed by atoms with van der Waals surface area (Å²) in [7, 11) is 4.01. The van der Waals surface area contributed by atoms with Gasteiger partial charge in [0, 0.05) is 31.9 Å². The summed E-state index contributed by atoms with van der Waals surface area (Å²) in [5.74, 6) is 0.677. The van der Waals surface area contributed by atoms with Crippen molar-refractivity contribution < 1.29 is 14.3 Å². The lowest BCUT2D eigenvalue weighted by Crippen LogP contribution is -2.56. The van der Waals surface area contributed by atoms with E-state index in [4.69, 9.17) is 15.2 Å². The second-order valence-electron chi connectivity index (χ2n) is 6.21. The fourth-order valence-electron chi connectivity index (χ4n) is 2.44. The van der Waals surface area contributed by atoms with Crippen molar-refractivity contribution in [3.05, 3.63) is 29.8 Å². The Balaban J connectivity index is 0.00000288. The molecule has 0 spiro atoms. The number of amides is 1. The van der Waals surface area contributed by atoms with Gasteiger partial charge in [-0.3, -0.25) is 4.79 Å². The Hall–Kier alpha value is -1.05. The molecule has 144 valence electrons. The predicted molar refractivity (Wildman–Crippen MR) is 104 cm³/mol. The average molecular weight is 394 g/mol. The van der Waals surface area contributed by atoms with E-state index in [0.29, 0.717) is 39.2 Å². The van der Waals surface area contributed by atoms with Gasteiger partial charge in [0.2, 0.25) is 5.91 Å². The van der Waals surface area contributed by atoms with Gasteiger partial charge in [0.05, 0.1) is 5.54 Å². The molecule has 1 saturated heterocycles. The number of halogens is 2. The average Bonchev–Trinajstić information content (AvgIpc) is 2.54. The Morgan fingerprint density at radius 1 is 1.28 bits per heavy atom. The first-order chi connectivity index (χ1) is 11.0. The summed E-state index contributed by atoms with van der Waals surface area (Å²) < 4.78 is 11.1. The lowest BCUT2D eigenvalue weighted by Gasteiger charge is -2.31. The van der Waals surface area contributed by atoms with Crippen molar-refractivity contribution in [1.29, 1.82) is 0 Å². The highest BCUT2D eigenvalue weighted by molar-refractivity contribution is 5.86. The molecule has 3 N–H and O–H groups in total. The number of carbonyl (C=O) groups excluding carboxylic acids is 1. The van der Waals surface area contributed by atoms with Gasteiger partial charge in [-0.15, -0.1) is 24.8 Å². The summed E-state index contributed by atoms with van der Waals surface area (Å²) in [6.07, 6.45) is 1.11. The molecule has 1 aliphatic heterocycles. The highest BCUT2D eigenvalue weighted by Crippen LogP contribution is 2.20. The molecule has 1 amide bonds. The van der Waals surface area contributed by atoms with Gasteiger partial charge in [-0.1, -0.05) is 18.2 Å². The number of benzene rings is 1. The molecule has 1 heterocycles. The quantitative estimate of drug-likeness (QED) is 0.735. The topological polar surface area (TPSA) is 76.8 Å². The zero-order chi connectivity index (χ0) is 16.7. The molecule has 1 aromatic carbocycles. The number of nitrogens with zero attached hydrogens (tertiary/aromatic N) is 1. The highest BCUT2D eigenvalue weighted by atomic mass is 35.5. The second-order valence-corrected chi connectivity index (χ2v) is 6.21. The van der Waals surface area contributed by atoms with Crippen LogP contribution in [0.15, 0.2) is 24.3 Å². The fraction of sp³-hybridized carbons (Fsp3) is 0.588. The number of likely N-dealkylation sites (N-methyl/N-ethyl adjacent to an activating group) is 1. The van der Waals surface area contributed by atoms with Gasteiger partial charge < -0.3 is 25.4 Å². The lowest BCUT2D eigenvalue weighted by molar-refractivity contribution is -0.129. The predicted octanol–water partition coefficient (Wildman–Crippen LogP) is 1.59. The second kappa shape index (κ2) is 11.5. The SMILES string of the molecule is CN(C)CCOc1ccccc1CNC(=O)C1(N)CCOCC1.Cl.Cl. The number of ether oxygens (including phenoxy) is 2. The molecule has 8 heteroatoms. The first-order valence-corrected chi connectivity index (χ1v) is 8.02. The van der Waals surface area contributed by atoms with Crippen molar-refractivity contribution in [2.75, 3.05) is 40.5 Å². The van der Waals surface area contributed by atoms with E-state index in [9.17, 15) is 4.79 Å². The Morgan fingerprint density at radius 2 is 1.92 bits per heavy atom. The van der Waals surface area contributed by atoms with Crippen molar-refractivity contribution in [2.45, 2.75) is 24.9 Å². The highest BCUT2D eigenvalue weighted by Gasteiger charge is 2.35. The monoisotopic (exact) mass is 393 g/mol. The number of rotatable bonds is 7. The van der Waals surface area contributed by atoms with E-state index in [1.807, 2.05) is 38.4 Å². The van der Waals surface area contributed by atoms with Gasteiger partial charge in [-0.05, 0) is 33.0 Å². The van der Waals surface area contributed by atoms with Crippen molar-refractivity contribution in [3.63, 3.8) is 0 Å². The fourth-order valence-corrected chi connectivity index (χ4v) is 2.44. The van der Waals surface area contributed by atoms with Crippen LogP contribution in [0.25, 0.3) is 0 Å². The van der Waals surface area contributed by atoms with Crippen LogP contribution in [0.5, 0.6) is 5.75 Å². The van der Waals surface area contributed by atoms with E-state index < -0.39 is 5.54 Å². The summed E-state index contributed by atoms with van der Waals surface area (Å²) in [6.45, 7) is 2.93. The van der Waals surface area contributed by atoms with Crippen LogP contribution in [0, 0.1) is 0 Å². The smallest absolute Gasteiger partial charge is 0.240 e. The third-order valence-electron chi connectivity index (χ3n) is 4.05. The minimum absolute atomic E-state index is 0. The number of hydrogen-bond donors (Lipinski definition) is 2. The molecule has 0 aromatic heterocycles. The molecule has 0 aliphatic carbocycles. The van der Waals surface area contributed by atoms with Crippen LogP contribution in [0.3, 0.4) is 0 Å². The third-order valence-corrected chi connectivity index (χ3v) is 4.05. The Bertz CT molecular complexity index is 524. The van der Waals surface area contributed by atoms with Crippen LogP contribution in [0.2, 0.25) is 0 Å². The summed E-state index contributed by atoms with van der Waals surface area (Å²) in [4.78, 5) is 14.4. The largest absolute Gasteiger partial charge is 0.492 e. The minimum atomic E-state index is -0.820. The number of nitrogens with one attached hydrogen (secondary N) is 1. The van der Waals surface area contributed by atoms with Crippen LogP contribution in [-0.2, 0) is 16.1 Å². The molecule has 0 bridgehead atoms. The lowest BCUT2D eigenvalue weighted by atomic mass is 9.90. The van der Waals surface area contributed by atoms with Crippen molar-refractivity contribution in [3.8, 4) is 5.75 Å². The molecule has 2 rings (SSSR count). The molecule has 0 atom stereocenters. The van der Waals surface area contributed by atoms with Gasteiger partial charge in [0.15, 0.2) is 0 Å². The number of nitrogens with two attached hydrogens (primary N) is 1. The van der Waals surface area contributed by atoms with E-state index >= 15 is 0 Å². The van der Waals surface area contributed by atoms with Crippen molar-refractivity contribution in [1.82, 2.24) is 10.2 Å². The van der Waals surface area contributed by atoms with Gasteiger partial charge in [0.25, 0.3) is 0 Å².